The number of hydrogen-bond donors (Lipinski definition) is 0. The molecule has 1 aromatic carbocycles. The Kier molecular flexibility index (Phi) is 5.55. The number of amides is 1. The molecule has 7 heteroatoms. The van der Waals surface area contributed by atoms with E-state index in [2.05, 4.69) is 6.07 Å². The number of halogens is 1. The lowest BCUT2D eigenvalue weighted by molar-refractivity contribution is -0.137. The van der Waals surface area contributed by atoms with Gasteiger partial charge >= 0.3 is 0 Å². The smallest absolute Gasteiger partial charge is 0.234 e. The molecule has 4 rings (SSSR count). The SMILES string of the molecule is O=C(N1CCC(c2ccccc2Cl)S(=O)(=O)CC1)C1(c2cccs2)CCCC1. The van der Waals surface area contributed by atoms with Gasteiger partial charge in [-0.3, -0.25) is 4.79 Å². The largest absolute Gasteiger partial charge is 0.341 e. The van der Waals surface area contributed by atoms with Crippen LogP contribution in [-0.2, 0) is 20.0 Å². The lowest BCUT2D eigenvalue weighted by atomic mass is 9.82. The van der Waals surface area contributed by atoms with Crippen LogP contribution < -0.4 is 0 Å². The van der Waals surface area contributed by atoms with Gasteiger partial charge < -0.3 is 4.90 Å². The number of carbonyl (C=O) groups excluding carboxylic acids is 1. The lowest BCUT2D eigenvalue weighted by Gasteiger charge is -2.33. The molecular formula is C21H24ClNO3S2. The molecule has 150 valence electrons. The standard InChI is InChI=1S/C21H24ClNO3S2/c22-17-7-2-1-6-16(17)18-9-12-23(13-15-28(18,25)26)20(24)21(10-3-4-11-21)19-8-5-14-27-19/h1-2,5-8,14,18H,3-4,9-13,15H2. The minimum Gasteiger partial charge on any atom is -0.341 e. The van der Waals surface area contributed by atoms with Crippen molar-refractivity contribution in [3.63, 3.8) is 0 Å². The third-order valence-electron chi connectivity index (χ3n) is 6.14. The van der Waals surface area contributed by atoms with Gasteiger partial charge in [-0.05, 0) is 42.3 Å². The molecule has 0 radical (unpaired) electrons. The van der Waals surface area contributed by atoms with Crippen LogP contribution in [0.2, 0.25) is 5.02 Å². The van der Waals surface area contributed by atoms with Gasteiger partial charge in [0.2, 0.25) is 5.91 Å². The van der Waals surface area contributed by atoms with E-state index in [4.69, 9.17) is 11.6 Å². The van der Waals surface area contributed by atoms with Crippen LogP contribution in [0.3, 0.4) is 0 Å². The third kappa shape index (κ3) is 3.51. The number of carbonyl (C=O) groups is 1. The van der Waals surface area contributed by atoms with E-state index in [0.717, 1.165) is 30.6 Å². The van der Waals surface area contributed by atoms with Crippen molar-refractivity contribution in [1.29, 1.82) is 0 Å². The van der Waals surface area contributed by atoms with Gasteiger partial charge in [0.15, 0.2) is 9.84 Å². The fourth-order valence-electron chi connectivity index (χ4n) is 4.63. The van der Waals surface area contributed by atoms with Gasteiger partial charge in [0.1, 0.15) is 0 Å². The van der Waals surface area contributed by atoms with Crippen molar-refractivity contribution in [2.24, 2.45) is 0 Å². The van der Waals surface area contributed by atoms with E-state index in [1.165, 1.54) is 0 Å². The van der Waals surface area contributed by atoms with Crippen LogP contribution in [0, 0.1) is 0 Å². The van der Waals surface area contributed by atoms with E-state index in [9.17, 15) is 13.2 Å². The Bertz CT molecular complexity index is 950. The minimum absolute atomic E-state index is 0.0187. The molecule has 1 saturated heterocycles. The van der Waals surface area contributed by atoms with Crippen molar-refractivity contribution in [3.8, 4) is 0 Å². The van der Waals surface area contributed by atoms with Gasteiger partial charge in [-0.1, -0.05) is 48.7 Å². The average Bonchev–Trinajstić information content (AvgIpc) is 3.34. The van der Waals surface area contributed by atoms with Crippen LogP contribution in [0.15, 0.2) is 41.8 Å². The Hall–Kier alpha value is -1.37. The van der Waals surface area contributed by atoms with Gasteiger partial charge in [-0.25, -0.2) is 8.42 Å². The summed E-state index contributed by atoms with van der Waals surface area (Å²) in [6, 6.07) is 11.2. The van der Waals surface area contributed by atoms with Crippen molar-refractivity contribution in [2.75, 3.05) is 18.8 Å². The van der Waals surface area contributed by atoms with Crippen LogP contribution in [0.25, 0.3) is 0 Å². The molecule has 2 fully saturated rings. The second-order valence-corrected chi connectivity index (χ2v) is 11.4. The molecule has 1 aromatic heterocycles. The predicted octanol–water partition coefficient (Wildman–Crippen LogP) is 4.60. The second-order valence-electron chi connectivity index (χ2n) is 7.72. The van der Waals surface area contributed by atoms with Gasteiger partial charge in [0.05, 0.1) is 16.4 Å². The summed E-state index contributed by atoms with van der Waals surface area (Å²) in [6.07, 6.45) is 4.17. The number of benzene rings is 1. The second kappa shape index (κ2) is 7.81. The maximum Gasteiger partial charge on any atom is 0.234 e. The molecule has 1 saturated carbocycles. The highest BCUT2D eigenvalue weighted by Gasteiger charge is 2.46. The first-order valence-corrected chi connectivity index (χ1v) is 12.7. The summed E-state index contributed by atoms with van der Waals surface area (Å²) in [5, 5.41) is 1.84. The molecule has 28 heavy (non-hydrogen) atoms. The zero-order chi connectivity index (χ0) is 19.8. The van der Waals surface area contributed by atoms with Crippen LogP contribution in [0.1, 0.15) is 47.8 Å². The molecule has 0 spiro atoms. The van der Waals surface area contributed by atoms with E-state index in [1.54, 1.807) is 34.4 Å². The third-order valence-corrected chi connectivity index (χ3v) is 9.67. The van der Waals surface area contributed by atoms with E-state index >= 15 is 0 Å². The Morgan fingerprint density at radius 3 is 2.54 bits per heavy atom. The fourth-order valence-corrected chi connectivity index (χ4v) is 7.76. The molecule has 1 aliphatic heterocycles. The van der Waals surface area contributed by atoms with Crippen LogP contribution in [-0.4, -0.2) is 38.1 Å². The normalized spacial score (nSPS) is 24.0. The highest BCUT2D eigenvalue weighted by molar-refractivity contribution is 7.91. The molecule has 1 amide bonds. The van der Waals surface area contributed by atoms with Gasteiger partial charge in [-0.15, -0.1) is 11.3 Å². The fraction of sp³-hybridized carbons (Fsp3) is 0.476. The van der Waals surface area contributed by atoms with Crippen LogP contribution >= 0.6 is 22.9 Å². The van der Waals surface area contributed by atoms with Crippen molar-refractivity contribution in [3.05, 3.63) is 57.2 Å². The number of sulfone groups is 1. The first-order valence-electron chi connectivity index (χ1n) is 9.73. The Balaban J connectivity index is 1.61. The average molecular weight is 438 g/mol. The number of thiophene rings is 1. The lowest BCUT2D eigenvalue weighted by Crippen LogP contribution is -2.46. The number of hydrogen-bond acceptors (Lipinski definition) is 4. The highest BCUT2D eigenvalue weighted by Crippen LogP contribution is 2.45. The number of nitrogens with zero attached hydrogens (tertiary/aromatic N) is 1. The molecule has 0 bridgehead atoms. The maximum atomic E-state index is 13.6. The quantitative estimate of drug-likeness (QED) is 0.704. The van der Waals surface area contributed by atoms with Crippen molar-refractivity contribution < 1.29 is 13.2 Å². The van der Waals surface area contributed by atoms with E-state index in [0.29, 0.717) is 23.6 Å². The maximum absolute atomic E-state index is 13.6. The van der Waals surface area contributed by atoms with Crippen molar-refractivity contribution >= 4 is 38.7 Å². The van der Waals surface area contributed by atoms with Crippen LogP contribution in [0.4, 0.5) is 0 Å². The van der Waals surface area contributed by atoms with E-state index in [-0.39, 0.29) is 18.2 Å². The molecule has 2 aromatic rings. The Morgan fingerprint density at radius 1 is 1.11 bits per heavy atom. The summed E-state index contributed by atoms with van der Waals surface area (Å²) in [5.41, 5.74) is 0.176. The first kappa shape index (κ1) is 19.9. The van der Waals surface area contributed by atoms with Crippen LogP contribution in [0.5, 0.6) is 0 Å². The molecular weight excluding hydrogens is 414 g/mol. The number of rotatable bonds is 3. The van der Waals surface area contributed by atoms with Gasteiger partial charge in [0, 0.05) is 23.0 Å². The molecule has 0 N–H and O–H groups in total. The Morgan fingerprint density at radius 2 is 1.86 bits per heavy atom. The Labute approximate surface area is 175 Å². The molecule has 2 heterocycles. The molecule has 1 atom stereocenters. The summed E-state index contributed by atoms with van der Waals surface area (Å²) in [6.45, 7) is 0.705. The van der Waals surface area contributed by atoms with Gasteiger partial charge in [-0.2, -0.15) is 0 Å². The summed E-state index contributed by atoms with van der Waals surface area (Å²) in [4.78, 5) is 16.5. The van der Waals surface area contributed by atoms with E-state index < -0.39 is 20.5 Å². The summed E-state index contributed by atoms with van der Waals surface area (Å²) >= 11 is 7.92. The zero-order valence-corrected chi connectivity index (χ0v) is 18.0. The monoisotopic (exact) mass is 437 g/mol. The van der Waals surface area contributed by atoms with Gasteiger partial charge in [0.25, 0.3) is 0 Å². The summed E-state index contributed by atoms with van der Waals surface area (Å²) < 4.78 is 25.9. The molecule has 1 unspecified atom stereocenters. The molecule has 2 aliphatic rings. The highest BCUT2D eigenvalue weighted by atomic mass is 35.5. The topological polar surface area (TPSA) is 54.5 Å². The van der Waals surface area contributed by atoms with Crippen molar-refractivity contribution in [2.45, 2.75) is 42.8 Å². The zero-order valence-electron chi connectivity index (χ0n) is 15.6. The predicted molar refractivity (Wildman–Crippen MR) is 114 cm³/mol. The molecule has 1 aliphatic carbocycles. The first-order chi connectivity index (χ1) is 13.4. The summed E-state index contributed by atoms with van der Waals surface area (Å²) in [7, 11) is -3.37. The molecule has 4 nitrogen and oxygen atoms in total. The summed E-state index contributed by atoms with van der Waals surface area (Å²) in [5.74, 6) is 0.0808. The van der Waals surface area contributed by atoms with E-state index in [1.807, 2.05) is 17.5 Å². The minimum atomic E-state index is -3.37. The van der Waals surface area contributed by atoms with Crippen molar-refractivity contribution in [1.82, 2.24) is 4.90 Å².